The van der Waals surface area contributed by atoms with Gasteiger partial charge in [-0.15, -0.1) is 0 Å². The van der Waals surface area contributed by atoms with Gasteiger partial charge in [-0.3, -0.25) is 9.59 Å². The third kappa shape index (κ3) is 4.34. The van der Waals surface area contributed by atoms with E-state index in [1.54, 1.807) is 33.3 Å². The van der Waals surface area contributed by atoms with Crippen molar-refractivity contribution in [1.82, 2.24) is 0 Å². The van der Waals surface area contributed by atoms with Crippen molar-refractivity contribution in [3.63, 3.8) is 0 Å². The van der Waals surface area contributed by atoms with Crippen LogP contribution in [0, 0.1) is 12.8 Å². The van der Waals surface area contributed by atoms with E-state index in [0.717, 1.165) is 22.3 Å². The number of hydrogen-bond donors (Lipinski definition) is 0. The summed E-state index contributed by atoms with van der Waals surface area (Å²) in [6, 6.07) is 13.5. The van der Waals surface area contributed by atoms with E-state index in [9.17, 15) is 9.59 Å². The molecule has 0 amide bonds. The van der Waals surface area contributed by atoms with Crippen LogP contribution >= 0.6 is 0 Å². The second-order valence-corrected chi connectivity index (χ2v) is 7.09. The highest BCUT2D eigenvalue weighted by atomic mass is 16.5. The first-order valence-corrected chi connectivity index (χ1v) is 9.68. The van der Waals surface area contributed by atoms with Crippen molar-refractivity contribution >= 4 is 17.3 Å². The number of ketones is 1. The maximum atomic E-state index is 13.0. The molecule has 1 aliphatic carbocycles. The Balaban J connectivity index is 2.05. The SMILES string of the molecule is CCOC(=O)[C@@H]1C(=O)C=C(c2ccc(OC)cc2OC)C[C@H]1c1ccc(C)cc1. The van der Waals surface area contributed by atoms with Crippen LogP contribution in [0.1, 0.15) is 36.0 Å². The first-order chi connectivity index (χ1) is 14.0. The van der Waals surface area contributed by atoms with Gasteiger partial charge in [0, 0.05) is 17.5 Å². The first-order valence-electron chi connectivity index (χ1n) is 9.68. The van der Waals surface area contributed by atoms with Gasteiger partial charge in [0.1, 0.15) is 17.4 Å². The normalized spacial score (nSPS) is 18.8. The van der Waals surface area contributed by atoms with E-state index in [1.807, 2.05) is 43.3 Å². The monoisotopic (exact) mass is 394 g/mol. The Labute approximate surface area is 171 Å². The van der Waals surface area contributed by atoms with Gasteiger partial charge in [0.25, 0.3) is 0 Å². The molecule has 0 fully saturated rings. The van der Waals surface area contributed by atoms with E-state index in [2.05, 4.69) is 0 Å². The van der Waals surface area contributed by atoms with Gasteiger partial charge in [-0.1, -0.05) is 29.8 Å². The van der Waals surface area contributed by atoms with E-state index < -0.39 is 11.9 Å². The summed E-state index contributed by atoms with van der Waals surface area (Å²) in [6.07, 6.45) is 2.08. The van der Waals surface area contributed by atoms with Gasteiger partial charge in [0.15, 0.2) is 5.78 Å². The van der Waals surface area contributed by atoms with Gasteiger partial charge in [-0.2, -0.15) is 0 Å². The minimum Gasteiger partial charge on any atom is -0.497 e. The Morgan fingerprint density at radius 1 is 1.07 bits per heavy atom. The number of methoxy groups -OCH3 is 2. The molecule has 152 valence electrons. The lowest BCUT2D eigenvalue weighted by Gasteiger charge is -2.30. The van der Waals surface area contributed by atoms with Gasteiger partial charge < -0.3 is 14.2 Å². The van der Waals surface area contributed by atoms with Crippen LogP contribution in [0.25, 0.3) is 5.57 Å². The lowest BCUT2D eigenvalue weighted by Crippen LogP contribution is -2.34. The van der Waals surface area contributed by atoms with Crippen molar-refractivity contribution in [1.29, 1.82) is 0 Å². The van der Waals surface area contributed by atoms with Crippen LogP contribution in [0.3, 0.4) is 0 Å². The molecule has 0 N–H and O–H groups in total. The van der Waals surface area contributed by atoms with Crippen LogP contribution in [0.2, 0.25) is 0 Å². The molecule has 0 aromatic heterocycles. The zero-order valence-electron chi connectivity index (χ0n) is 17.2. The van der Waals surface area contributed by atoms with E-state index in [-0.39, 0.29) is 18.3 Å². The summed E-state index contributed by atoms with van der Waals surface area (Å²) in [5.74, 6) is -0.554. The number of rotatable bonds is 6. The highest BCUT2D eigenvalue weighted by molar-refractivity contribution is 6.11. The highest BCUT2D eigenvalue weighted by Gasteiger charge is 2.40. The van der Waals surface area contributed by atoms with E-state index in [4.69, 9.17) is 14.2 Å². The molecular weight excluding hydrogens is 368 g/mol. The lowest BCUT2D eigenvalue weighted by molar-refractivity contribution is -0.151. The quantitative estimate of drug-likeness (QED) is 0.539. The second-order valence-electron chi connectivity index (χ2n) is 7.09. The maximum absolute atomic E-state index is 13.0. The van der Waals surface area contributed by atoms with Gasteiger partial charge in [0.05, 0.1) is 20.8 Å². The van der Waals surface area contributed by atoms with Crippen LogP contribution in [0.4, 0.5) is 0 Å². The Hall–Kier alpha value is -3.08. The molecule has 0 spiro atoms. The van der Waals surface area contributed by atoms with Crippen molar-refractivity contribution in [2.24, 2.45) is 5.92 Å². The van der Waals surface area contributed by atoms with Gasteiger partial charge in [-0.25, -0.2) is 0 Å². The molecule has 0 saturated carbocycles. The molecule has 0 radical (unpaired) electrons. The molecule has 0 aliphatic heterocycles. The number of hydrogen-bond acceptors (Lipinski definition) is 5. The van der Waals surface area contributed by atoms with E-state index in [1.165, 1.54) is 0 Å². The Morgan fingerprint density at radius 2 is 1.79 bits per heavy atom. The molecule has 29 heavy (non-hydrogen) atoms. The largest absolute Gasteiger partial charge is 0.497 e. The summed E-state index contributed by atoms with van der Waals surface area (Å²) in [4.78, 5) is 25.6. The van der Waals surface area contributed by atoms with Crippen molar-refractivity contribution in [3.8, 4) is 11.5 Å². The Kier molecular flexibility index (Phi) is 6.37. The lowest BCUT2D eigenvalue weighted by atomic mass is 9.73. The number of aryl methyl sites for hydroxylation is 1. The molecule has 2 aromatic rings. The third-order valence-electron chi connectivity index (χ3n) is 5.27. The minimum absolute atomic E-state index is 0.242. The molecule has 0 saturated heterocycles. The Bertz CT molecular complexity index is 927. The first kappa shape index (κ1) is 20.6. The summed E-state index contributed by atoms with van der Waals surface area (Å²) in [5.41, 5.74) is 3.72. The topological polar surface area (TPSA) is 61.8 Å². The summed E-state index contributed by atoms with van der Waals surface area (Å²) in [7, 11) is 3.18. The van der Waals surface area contributed by atoms with Crippen molar-refractivity contribution in [3.05, 3.63) is 65.2 Å². The number of ether oxygens (including phenoxy) is 3. The minimum atomic E-state index is -0.842. The van der Waals surface area contributed by atoms with Crippen LogP contribution < -0.4 is 9.47 Å². The highest BCUT2D eigenvalue weighted by Crippen LogP contribution is 2.43. The van der Waals surface area contributed by atoms with Gasteiger partial charge in [0.2, 0.25) is 0 Å². The smallest absolute Gasteiger partial charge is 0.317 e. The number of benzene rings is 2. The van der Waals surface area contributed by atoms with Crippen molar-refractivity contribution in [2.75, 3.05) is 20.8 Å². The molecule has 1 aliphatic rings. The fourth-order valence-electron chi connectivity index (χ4n) is 3.76. The molecule has 0 unspecified atom stereocenters. The zero-order valence-corrected chi connectivity index (χ0v) is 17.2. The number of carbonyl (C=O) groups is 2. The molecule has 2 aromatic carbocycles. The standard InChI is InChI=1S/C24H26O5/c1-5-29-24(26)23-20(16-8-6-15(2)7-9-16)12-17(13-21(23)25)19-11-10-18(27-3)14-22(19)28-4/h6-11,13-14,20,23H,5,12H2,1-4H3/t20-,23-/m0/s1. The van der Waals surface area contributed by atoms with Gasteiger partial charge >= 0.3 is 5.97 Å². The number of allylic oxidation sites excluding steroid dienone is 2. The van der Waals surface area contributed by atoms with E-state index >= 15 is 0 Å². The third-order valence-corrected chi connectivity index (χ3v) is 5.27. The van der Waals surface area contributed by atoms with Crippen LogP contribution in [-0.2, 0) is 14.3 Å². The fraction of sp³-hybridized carbons (Fsp3) is 0.333. The number of esters is 1. The molecule has 3 rings (SSSR count). The molecule has 0 heterocycles. The van der Waals surface area contributed by atoms with Gasteiger partial charge in [-0.05, 0) is 49.6 Å². The number of carbonyl (C=O) groups excluding carboxylic acids is 2. The summed E-state index contributed by atoms with van der Waals surface area (Å²) < 4.78 is 16.0. The average molecular weight is 394 g/mol. The summed E-state index contributed by atoms with van der Waals surface area (Å²) in [6.45, 7) is 3.99. The summed E-state index contributed by atoms with van der Waals surface area (Å²) in [5, 5.41) is 0. The molecule has 5 heteroatoms. The fourth-order valence-corrected chi connectivity index (χ4v) is 3.76. The second kappa shape index (κ2) is 8.95. The molecule has 2 atom stereocenters. The maximum Gasteiger partial charge on any atom is 0.317 e. The van der Waals surface area contributed by atoms with Crippen LogP contribution in [-0.4, -0.2) is 32.6 Å². The molecule has 0 bridgehead atoms. The van der Waals surface area contributed by atoms with Crippen molar-refractivity contribution < 1.29 is 23.8 Å². The summed E-state index contributed by atoms with van der Waals surface area (Å²) >= 11 is 0. The van der Waals surface area contributed by atoms with E-state index in [0.29, 0.717) is 17.9 Å². The van der Waals surface area contributed by atoms with Crippen LogP contribution in [0.15, 0.2) is 48.5 Å². The van der Waals surface area contributed by atoms with Crippen molar-refractivity contribution in [2.45, 2.75) is 26.2 Å². The molecular formula is C24H26O5. The average Bonchev–Trinajstić information content (AvgIpc) is 2.73. The van der Waals surface area contributed by atoms with Crippen LogP contribution in [0.5, 0.6) is 11.5 Å². The predicted octanol–water partition coefficient (Wildman–Crippen LogP) is 4.33. The Morgan fingerprint density at radius 3 is 2.41 bits per heavy atom. The predicted molar refractivity (Wildman–Crippen MR) is 111 cm³/mol. The molecule has 5 nitrogen and oxygen atoms in total. The zero-order chi connectivity index (χ0) is 21.0.